The molecule has 0 unspecified atom stereocenters. The molecule has 0 radical (unpaired) electrons. The Labute approximate surface area is 140 Å². The van der Waals surface area contributed by atoms with E-state index in [4.69, 9.17) is 4.55 Å². The summed E-state index contributed by atoms with van der Waals surface area (Å²) in [6, 6.07) is 1.11. The van der Waals surface area contributed by atoms with Crippen LogP contribution in [0.15, 0.2) is 15.7 Å². The van der Waals surface area contributed by atoms with Gasteiger partial charge in [0, 0.05) is 30.3 Å². The van der Waals surface area contributed by atoms with E-state index in [0.29, 0.717) is 28.7 Å². The molecule has 0 saturated heterocycles. The van der Waals surface area contributed by atoms with E-state index in [-0.39, 0.29) is 23.3 Å². The molecule has 0 aliphatic carbocycles. The predicted molar refractivity (Wildman–Crippen MR) is 87.1 cm³/mol. The summed E-state index contributed by atoms with van der Waals surface area (Å²) in [7, 11) is -2.84. The van der Waals surface area contributed by atoms with Crippen LogP contribution in [0.4, 0.5) is 5.69 Å². The number of hydrogen-bond acceptors (Lipinski definition) is 7. The van der Waals surface area contributed by atoms with E-state index in [2.05, 4.69) is 4.98 Å². The third kappa shape index (κ3) is 3.06. The molecule has 0 saturated carbocycles. The summed E-state index contributed by atoms with van der Waals surface area (Å²) >= 11 is 0. The number of fused-ring (bicyclic) bond motifs is 3. The van der Waals surface area contributed by atoms with Crippen molar-refractivity contribution in [3.63, 3.8) is 0 Å². The lowest BCUT2D eigenvalue weighted by molar-refractivity contribution is -0.385. The molecule has 0 bridgehead atoms. The fourth-order valence-corrected chi connectivity index (χ4v) is 3.68. The molecule has 2 N–H and O–H groups in total. The first-order chi connectivity index (χ1) is 11.6. The van der Waals surface area contributed by atoms with Crippen LogP contribution >= 0.6 is 0 Å². The first-order valence-electron chi connectivity index (χ1n) is 7.18. The maximum atomic E-state index is 12.1. The average Bonchev–Trinajstić information content (AvgIpc) is 2.49. The van der Waals surface area contributed by atoms with E-state index in [1.807, 2.05) is 4.90 Å². The number of aromatic nitrogens is 2. The SMILES string of the molecule is CN1CCc2c([N+](=O)[O-])cc3[nH]c(=O)c(=O)n(CS(=O)(=O)O)c3c2C1. The third-order valence-corrected chi connectivity index (χ3v) is 4.70. The second kappa shape index (κ2) is 5.75. The molecule has 11 nitrogen and oxygen atoms in total. The third-order valence-electron chi connectivity index (χ3n) is 4.11. The van der Waals surface area contributed by atoms with Crippen LogP contribution in [0.3, 0.4) is 0 Å². The number of hydrogen-bond donors (Lipinski definition) is 2. The van der Waals surface area contributed by atoms with Crippen molar-refractivity contribution in [1.29, 1.82) is 0 Å². The largest absolute Gasteiger partial charge is 0.317 e. The number of aromatic amines is 1. The van der Waals surface area contributed by atoms with Crippen LogP contribution in [-0.4, -0.2) is 45.9 Å². The molecular weight excluding hydrogens is 356 g/mol. The Balaban J connectivity index is 2.51. The van der Waals surface area contributed by atoms with Crippen LogP contribution in [0.25, 0.3) is 11.0 Å². The van der Waals surface area contributed by atoms with Crippen molar-refractivity contribution in [2.24, 2.45) is 0 Å². The van der Waals surface area contributed by atoms with Gasteiger partial charge in [-0.05, 0) is 13.5 Å². The standard InChI is InChI=1S/C13H14N4O7S/c1-15-3-2-7-8(5-15)11-9(4-10(7)17(20)21)14-12(18)13(19)16(11)6-25(22,23)24/h4H,2-3,5-6H2,1H3,(H,14,18)(H,22,23,24). The lowest BCUT2D eigenvalue weighted by Gasteiger charge is -2.26. The van der Waals surface area contributed by atoms with Crippen LogP contribution in [0.2, 0.25) is 0 Å². The van der Waals surface area contributed by atoms with E-state index in [1.165, 1.54) is 0 Å². The van der Waals surface area contributed by atoms with Gasteiger partial charge >= 0.3 is 11.1 Å². The summed E-state index contributed by atoms with van der Waals surface area (Å²) in [5.74, 6) is -1.11. The summed E-state index contributed by atoms with van der Waals surface area (Å²) in [6.45, 7) is 0.774. The van der Waals surface area contributed by atoms with Crippen molar-refractivity contribution < 1.29 is 17.9 Å². The highest BCUT2D eigenvalue weighted by Crippen LogP contribution is 2.33. The number of nitrogens with zero attached hydrogens (tertiary/aromatic N) is 3. The Bertz CT molecular complexity index is 1120. The molecule has 1 aliphatic heterocycles. The number of nitro benzene ring substituents is 1. The van der Waals surface area contributed by atoms with Gasteiger partial charge in [-0.3, -0.25) is 28.8 Å². The Morgan fingerprint density at radius 1 is 1.36 bits per heavy atom. The van der Waals surface area contributed by atoms with Gasteiger partial charge in [-0.25, -0.2) is 0 Å². The van der Waals surface area contributed by atoms with Gasteiger partial charge in [-0.15, -0.1) is 0 Å². The zero-order valence-corrected chi connectivity index (χ0v) is 13.9. The van der Waals surface area contributed by atoms with E-state index in [1.54, 1.807) is 7.05 Å². The molecular formula is C13H14N4O7S. The maximum Gasteiger partial charge on any atom is 0.317 e. The van der Waals surface area contributed by atoms with Gasteiger partial charge in [0.1, 0.15) is 0 Å². The number of H-pyrrole nitrogens is 1. The molecule has 25 heavy (non-hydrogen) atoms. The molecule has 2 aromatic rings. The number of nitro groups is 1. The van der Waals surface area contributed by atoms with Crippen molar-refractivity contribution in [2.45, 2.75) is 18.8 Å². The fraction of sp³-hybridized carbons (Fsp3) is 0.385. The first kappa shape index (κ1) is 17.3. The molecule has 0 amide bonds. The fourth-order valence-electron chi connectivity index (χ4n) is 3.11. The van der Waals surface area contributed by atoms with E-state index >= 15 is 0 Å². The summed E-state index contributed by atoms with van der Waals surface area (Å²) in [5, 5.41) is 11.4. The van der Waals surface area contributed by atoms with Crippen LogP contribution in [0.5, 0.6) is 0 Å². The van der Waals surface area contributed by atoms with Gasteiger partial charge in [-0.2, -0.15) is 8.42 Å². The quantitative estimate of drug-likeness (QED) is 0.315. The zero-order valence-electron chi connectivity index (χ0n) is 13.1. The topological polar surface area (TPSA) is 156 Å². The van der Waals surface area contributed by atoms with E-state index in [9.17, 15) is 28.1 Å². The van der Waals surface area contributed by atoms with E-state index < -0.39 is 32.0 Å². The monoisotopic (exact) mass is 370 g/mol. The molecule has 1 aromatic carbocycles. The smallest absolute Gasteiger partial charge is 0.316 e. The Morgan fingerprint density at radius 3 is 2.64 bits per heavy atom. The van der Waals surface area contributed by atoms with Gasteiger partial charge in [0.05, 0.1) is 16.0 Å². The van der Waals surface area contributed by atoms with Gasteiger partial charge in [0.15, 0.2) is 5.88 Å². The highest BCUT2D eigenvalue weighted by Gasteiger charge is 2.28. The molecule has 12 heteroatoms. The van der Waals surface area contributed by atoms with E-state index in [0.717, 1.165) is 6.07 Å². The Hall–Kier alpha value is -2.57. The molecule has 0 spiro atoms. The summed E-state index contributed by atoms with van der Waals surface area (Å²) in [4.78, 5) is 38.8. The second-order valence-electron chi connectivity index (χ2n) is 5.89. The Morgan fingerprint density at radius 2 is 2.04 bits per heavy atom. The van der Waals surface area contributed by atoms with Crippen molar-refractivity contribution in [1.82, 2.24) is 14.5 Å². The average molecular weight is 370 g/mol. The van der Waals surface area contributed by atoms with Crippen molar-refractivity contribution >= 4 is 26.8 Å². The van der Waals surface area contributed by atoms with Crippen molar-refractivity contribution in [2.75, 3.05) is 13.6 Å². The summed E-state index contributed by atoms with van der Waals surface area (Å²) < 4.78 is 32.3. The number of likely N-dealkylation sites (N-methyl/N-ethyl adjacent to an activating group) is 1. The molecule has 1 aromatic heterocycles. The maximum absolute atomic E-state index is 12.1. The van der Waals surface area contributed by atoms with Crippen molar-refractivity contribution in [3.05, 3.63) is 48.0 Å². The lowest BCUT2D eigenvalue weighted by atomic mass is 9.96. The lowest BCUT2D eigenvalue weighted by Crippen LogP contribution is -2.39. The van der Waals surface area contributed by atoms with Crippen LogP contribution in [0, 0.1) is 10.1 Å². The molecule has 134 valence electrons. The molecule has 0 fully saturated rings. The minimum absolute atomic E-state index is 0.0333. The second-order valence-corrected chi connectivity index (χ2v) is 7.31. The van der Waals surface area contributed by atoms with Gasteiger partial charge < -0.3 is 9.88 Å². The van der Waals surface area contributed by atoms with Crippen LogP contribution in [-0.2, 0) is 29.0 Å². The number of benzene rings is 1. The number of nitrogens with one attached hydrogen (secondary N) is 1. The van der Waals surface area contributed by atoms with Crippen LogP contribution in [0.1, 0.15) is 11.1 Å². The summed E-state index contributed by atoms with van der Waals surface area (Å²) in [5.41, 5.74) is -1.70. The first-order valence-corrected chi connectivity index (χ1v) is 8.79. The molecule has 0 atom stereocenters. The predicted octanol–water partition coefficient (Wildman–Crippen LogP) is -0.569. The minimum atomic E-state index is -4.61. The zero-order chi connectivity index (χ0) is 18.5. The minimum Gasteiger partial charge on any atom is -0.316 e. The molecule has 2 heterocycles. The highest BCUT2D eigenvalue weighted by atomic mass is 32.2. The van der Waals surface area contributed by atoms with Gasteiger partial charge in [-0.1, -0.05) is 0 Å². The van der Waals surface area contributed by atoms with Crippen molar-refractivity contribution in [3.8, 4) is 0 Å². The highest BCUT2D eigenvalue weighted by molar-refractivity contribution is 7.84. The Kier molecular flexibility index (Phi) is 3.97. The molecule has 1 aliphatic rings. The number of rotatable bonds is 3. The normalized spacial score (nSPS) is 15.3. The van der Waals surface area contributed by atoms with Crippen LogP contribution < -0.4 is 11.1 Å². The summed E-state index contributed by atoms with van der Waals surface area (Å²) in [6.07, 6.45) is 0.331. The van der Waals surface area contributed by atoms with Gasteiger partial charge in [0.2, 0.25) is 0 Å². The van der Waals surface area contributed by atoms with Gasteiger partial charge in [0.25, 0.3) is 15.8 Å². The molecule has 3 rings (SSSR count).